The summed E-state index contributed by atoms with van der Waals surface area (Å²) in [6, 6.07) is 39.2. The van der Waals surface area contributed by atoms with Crippen molar-refractivity contribution < 1.29 is 26.1 Å². The number of furan rings is 1. The van der Waals surface area contributed by atoms with Crippen molar-refractivity contribution in [3.8, 4) is 5.75 Å². The Labute approximate surface area is 200 Å². The predicted octanol–water partition coefficient (Wildman–Crippen LogP) is 2.94. The van der Waals surface area contributed by atoms with Crippen molar-refractivity contribution in [1.82, 2.24) is 0 Å². The van der Waals surface area contributed by atoms with E-state index in [1.807, 2.05) is 6.07 Å². The number of halogens is 1. The Balaban J connectivity index is 0.00000245. The lowest BCUT2D eigenvalue weighted by atomic mass is 10.2. The SMILES string of the molecule is COc1cc(C[P+](c2ccccc2)(c2ccccc2)c2ccccc2)cc2ccoc12.[Br-]. The van der Waals surface area contributed by atoms with E-state index in [0.29, 0.717) is 0 Å². The lowest BCUT2D eigenvalue weighted by Gasteiger charge is -2.28. The second kappa shape index (κ2) is 9.73. The molecule has 0 spiro atoms. The van der Waals surface area contributed by atoms with Gasteiger partial charge in [-0.15, -0.1) is 0 Å². The first kappa shape index (κ1) is 22.3. The average Bonchev–Trinajstić information content (AvgIpc) is 3.32. The minimum absolute atomic E-state index is 0. The van der Waals surface area contributed by atoms with Crippen LogP contribution in [0.5, 0.6) is 5.75 Å². The summed E-state index contributed by atoms with van der Waals surface area (Å²) in [5, 5.41) is 5.19. The van der Waals surface area contributed by atoms with E-state index in [2.05, 4.69) is 103 Å². The minimum atomic E-state index is -1.95. The van der Waals surface area contributed by atoms with Crippen LogP contribution in [0, 0.1) is 0 Å². The molecule has 160 valence electrons. The lowest BCUT2D eigenvalue weighted by molar-refractivity contribution is -0.00000667. The fourth-order valence-corrected chi connectivity index (χ4v) is 8.61. The normalized spacial score (nSPS) is 11.2. The van der Waals surface area contributed by atoms with E-state index >= 15 is 0 Å². The second-order valence-electron chi connectivity index (χ2n) is 7.61. The summed E-state index contributed by atoms with van der Waals surface area (Å²) in [4.78, 5) is 0. The summed E-state index contributed by atoms with van der Waals surface area (Å²) in [6.45, 7) is 0. The Kier molecular flexibility index (Phi) is 6.79. The predicted molar refractivity (Wildman–Crippen MR) is 132 cm³/mol. The molecule has 0 aliphatic rings. The van der Waals surface area contributed by atoms with Crippen LogP contribution in [0.1, 0.15) is 5.56 Å². The highest BCUT2D eigenvalue weighted by molar-refractivity contribution is 7.95. The van der Waals surface area contributed by atoms with Gasteiger partial charge in [-0.25, -0.2) is 0 Å². The molecule has 32 heavy (non-hydrogen) atoms. The van der Waals surface area contributed by atoms with Crippen LogP contribution in [-0.4, -0.2) is 7.11 Å². The zero-order valence-electron chi connectivity index (χ0n) is 17.8. The van der Waals surface area contributed by atoms with Crippen molar-refractivity contribution in [2.24, 2.45) is 0 Å². The third kappa shape index (κ3) is 3.99. The third-order valence-electron chi connectivity index (χ3n) is 5.81. The first-order valence-electron chi connectivity index (χ1n) is 10.4. The monoisotopic (exact) mass is 502 g/mol. The highest BCUT2D eigenvalue weighted by Crippen LogP contribution is 2.58. The molecule has 0 unspecified atom stereocenters. The molecule has 0 aliphatic heterocycles. The number of hydrogen-bond donors (Lipinski definition) is 0. The van der Waals surface area contributed by atoms with Crippen LogP contribution in [0.25, 0.3) is 11.0 Å². The maximum absolute atomic E-state index is 5.68. The van der Waals surface area contributed by atoms with Crippen molar-refractivity contribution >= 4 is 34.1 Å². The van der Waals surface area contributed by atoms with E-state index in [-0.39, 0.29) is 17.0 Å². The van der Waals surface area contributed by atoms with Crippen LogP contribution in [0.15, 0.2) is 120 Å². The van der Waals surface area contributed by atoms with Gasteiger partial charge in [0, 0.05) is 5.39 Å². The van der Waals surface area contributed by atoms with Crippen LogP contribution in [0.2, 0.25) is 0 Å². The van der Waals surface area contributed by atoms with E-state index in [0.717, 1.165) is 22.9 Å². The van der Waals surface area contributed by atoms with Gasteiger partial charge in [0.15, 0.2) is 11.3 Å². The van der Waals surface area contributed by atoms with Crippen LogP contribution in [0.4, 0.5) is 0 Å². The molecule has 0 amide bonds. The summed E-state index contributed by atoms with van der Waals surface area (Å²) in [5.41, 5.74) is 2.05. The highest BCUT2D eigenvalue weighted by Gasteiger charge is 2.45. The minimum Gasteiger partial charge on any atom is -1.00 e. The highest BCUT2D eigenvalue weighted by atomic mass is 79.9. The third-order valence-corrected chi connectivity index (χ3v) is 10.2. The summed E-state index contributed by atoms with van der Waals surface area (Å²) in [5.74, 6) is 0.782. The first-order chi connectivity index (χ1) is 15.3. The molecule has 0 radical (unpaired) electrons. The van der Waals surface area contributed by atoms with E-state index in [4.69, 9.17) is 9.15 Å². The second-order valence-corrected chi connectivity index (χ2v) is 11.1. The maximum atomic E-state index is 5.68. The van der Waals surface area contributed by atoms with Gasteiger partial charge in [-0.3, -0.25) is 0 Å². The smallest absolute Gasteiger partial charge is 0.175 e. The van der Waals surface area contributed by atoms with Crippen molar-refractivity contribution in [2.45, 2.75) is 6.16 Å². The van der Waals surface area contributed by atoms with Crippen LogP contribution in [-0.2, 0) is 6.16 Å². The fraction of sp³-hybridized carbons (Fsp3) is 0.0714. The number of rotatable bonds is 6. The fourth-order valence-electron chi connectivity index (χ4n) is 4.39. The zero-order chi connectivity index (χ0) is 21.1. The molecule has 1 heterocycles. The quantitative estimate of drug-likeness (QED) is 0.333. The van der Waals surface area contributed by atoms with Crippen molar-refractivity contribution in [1.29, 1.82) is 0 Å². The Bertz CT molecular complexity index is 1190. The summed E-state index contributed by atoms with van der Waals surface area (Å²) < 4.78 is 11.3. The molecule has 0 atom stereocenters. The van der Waals surface area contributed by atoms with Gasteiger partial charge in [-0.1, -0.05) is 54.6 Å². The molecule has 5 rings (SSSR count). The molecule has 0 saturated heterocycles. The topological polar surface area (TPSA) is 22.4 Å². The molecule has 2 nitrogen and oxygen atoms in total. The number of hydrogen-bond acceptors (Lipinski definition) is 2. The molecule has 5 aromatic rings. The van der Waals surface area contributed by atoms with Gasteiger partial charge >= 0.3 is 0 Å². The molecule has 0 N–H and O–H groups in total. The molecule has 0 aliphatic carbocycles. The number of benzene rings is 4. The van der Waals surface area contributed by atoms with Gasteiger partial charge in [0.25, 0.3) is 0 Å². The molecular formula is C28H24BrO2P. The molecular weight excluding hydrogens is 479 g/mol. The number of fused-ring (bicyclic) bond motifs is 1. The summed E-state index contributed by atoms with van der Waals surface area (Å²) in [6.07, 6.45) is 2.63. The molecule has 0 fully saturated rings. The first-order valence-corrected chi connectivity index (χ1v) is 12.4. The van der Waals surface area contributed by atoms with Gasteiger partial charge in [0.1, 0.15) is 23.2 Å². The molecule has 0 saturated carbocycles. The van der Waals surface area contributed by atoms with E-state index in [9.17, 15) is 0 Å². The average molecular weight is 503 g/mol. The molecule has 4 heteroatoms. The molecule has 0 bridgehead atoms. The largest absolute Gasteiger partial charge is 1.00 e. The van der Waals surface area contributed by atoms with Crippen molar-refractivity contribution in [2.75, 3.05) is 7.11 Å². The van der Waals surface area contributed by atoms with Crippen LogP contribution >= 0.6 is 7.26 Å². The van der Waals surface area contributed by atoms with E-state index < -0.39 is 7.26 Å². The number of ether oxygens (including phenoxy) is 1. The van der Waals surface area contributed by atoms with Gasteiger partial charge < -0.3 is 26.1 Å². The van der Waals surface area contributed by atoms with Crippen molar-refractivity contribution in [3.63, 3.8) is 0 Å². The van der Waals surface area contributed by atoms with Gasteiger partial charge in [0.05, 0.1) is 19.5 Å². The zero-order valence-corrected chi connectivity index (χ0v) is 20.3. The lowest BCUT2D eigenvalue weighted by Crippen LogP contribution is -3.00. The van der Waals surface area contributed by atoms with Gasteiger partial charge in [-0.2, -0.15) is 0 Å². The Morgan fingerprint density at radius 3 is 1.66 bits per heavy atom. The van der Waals surface area contributed by atoms with Gasteiger partial charge in [0.2, 0.25) is 0 Å². The van der Waals surface area contributed by atoms with E-state index in [1.54, 1.807) is 13.4 Å². The Morgan fingerprint density at radius 2 is 1.19 bits per heavy atom. The van der Waals surface area contributed by atoms with E-state index in [1.165, 1.54) is 21.5 Å². The van der Waals surface area contributed by atoms with Crippen LogP contribution in [0.3, 0.4) is 0 Å². The molecule has 1 aromatic heterocycles. The Morgan fingerprint density at radius 1 is 0.688 bits per heavy atom. The van der Waals surface area contributed by atoms with Gasteiger partial charge in [-0.05, 0) is 60.2 Å². The molecule has 4 aromatic carbocycles. The van der Waals surface area contributed by atoms with Crippen LogP contribution < -0.4 is 37.6 Å². The maximum Gasteiger partial charge on any atom is 0.175 e. The number of methoxy groups -OCH3 is 1. The summed E-state index contributed by atoms with van der Waals surface area (Å²) >= 11 is 0. The summed E-state index contributed by atoms with van der Waals surface area (Å²) in [7, 11) is -0.248. The van der Waals surface area contributed by atoms with Crippen molar-refractivity contribution in [3.05, 3.63) is 121 Å². The standard InChI is InChI=1S/C28H24O2P.BrH/c1-29-27-20-22(19-23-17-18-30-28(23)27)21-31(24-11-5-2-6-12-24,25-13-7-3-8-14-25)26-15-9-4-10-16-26;/h2-20H,21H2,1H3;1H/q+1;/p-1. The Hall–Kier alpha value is -2.87.